The number of rotatable bonds is 2. The third-order valence-corrected chi connectivity index (χ3v) is 0.441. The van der Waals surface area contributed by atoms with E-state index in [1.165, 1.54) is 0 Å². The van der Waals surface area contributed by atoms with E-state index in [-0.39, 0.29) is 0 Å². The minimum atomic E-state index is -5.21. The topological polar surface area (TPSA) is 76.0 Å². The third-order valence-electron chi connectivity index (χ3n) is 0.441. The molecule has 0 fully saturated rings. The lowest BCUT2D eigenvalue weighted by Crippen LogP contribution is -2.29. The first-order valence-electron chi connectivity index (χ1n) is 2.14. The maximum absolute atomic E-state index is 11.2. The van der Waals surface area contributed by atoms with Crippen molar-refractivity contribution in [3.05, 3.63) is 0 Å². The Bertz CT molecular complexity index is 143. The predicted octanol–water partition coefficient (Wildman–Crippen LogP) is -1.01. The van der Waals surface area contributed by atoms with Gasteiger partial charge in [-0.2, -0.15) is 18.0 Å². The molecule has 2 N–H and O–H groups in total. The SMILES string of the molecule is O=C(OOB(O)O)C(F)(F)F. The van der Waals surface area contributed by atoms with Gasteiger partial charge in [0.15, 0.2) is 0 Å². The Morgan fingerprint density at radius 1 is 1.36 bits per heavy atom. The largest absolute Gasteiger partial charge is 0.673 e. The van der Waals surface area contributed by atoms with E-state index in [4.69, 9.17) is 10.0 Å². The molecule has 0 saturated heterocycles. The molecule has 9 heteroatoms. The number of hydrogen-bond donors (Lipinski definition) is 2. The second kappa shape index (κ2) is 3.55. The molecule has 5 nitrogen and oxygen atoms in total. The monoisotopic (exact) mass is 174 g/mol. The third kappa shape index (κ3) is 4.59. The Hall–Kier alpha value is -0.795. The molecule has 0 aromatic heterocycles. The highest BCUT2D eigenvalue weighted by atomic mass is 19.4. The van der Waals surface area contributed by atoms with Crippen LogP contribution in [0.1, 0.15) is 0 Å². The Morgan fingerprint density at radius 2 is 1.82 bits per heavy atom. The molecule has 0 atom stereocenters. The van der Waals surface area contributed by atoms with E-state index in [0.717, 1.165) is 0 Å². The van der Waals surface area contributed by atoms with Crippen molar-refractivity contribution in [1.82, 2.24) is 0 Å². The van der Waals surface area contributed by atoms with E-state index < -0.39 is 19.5 Å². The maximum Gasteiger partial charge on any atom is 0.673 e. The van der Waals surface area contributed by atoms with Gasteiger partial charge < -0.3 is 10.0 Å². The molecular weight excluding hydrogens is 172 g/mol. The summed E-state index contributed by atoms with van der Waals surface area (Å²) in [6, 6.07) is 0. The normalized spacial score (nSPS) is 11.0. The number of halogens is 3. The van der Waals surface area contributed by atoms with Crippen LogP contribution >= 0.6 is 0 Å². The van der Waals surface area contributed by atoms with E-state index in [0.29, 0.717) is 0 Å². The van der Waals surface area contributed by atoms with Gasteiger partial charge >= 0.3 is 19.5 Å². The molecule has 0 saturated carbocycles. The minimum Gasteiger partial charge on any atom is -0.400 e. The van der Waals surface area contributed by atoms with E-state index in [1.54, 1.807) is 0 Å². The van der Waals surface area contributed by atoms with Crippen LogP contribution in [0.5, 0.6) is 0 Å². The van der Waals surface area contributed by atoms with Crippen molar-refractivity contribution < 1.29 is 37.7 Å². The van der Waals surface area contributed by atoms with E-state index in [9.17, 15) is 18.0 Å². The lowest BCUT2D eigenvalue weighted by Gasteiger charge is -2.03. The van der Waals surface area contributed by atoms with Gasteiger partial charge in [0.25, 0.3) is 0 Å². The number of hydrogen-bond acceptors (Lipinski definition) is 5. The zero-order chi connectivity index (χ0) is 9.07. The Morgan fingerprint density at radius 3 is 2.09 bits per heavy atom. The molecular formula is C2H2BF3O5. The first-order valence-corrected chi connectivity index (χ1v) is 2.14. The van der Waals surface area contributed by atoms with Gasteiger partial charge in [-0.3, -0.25) is 4.89 Å². The summed E-state index contributed by atoms with van der Waals surface area (Å²) >= 11 is 0. The predicted molar refractivity (Wildman–Crippen MR) is 23.4 cm³/mol. The molecule has 0 aliphatic carbocycles. The first kappa shape index (κ1) is 10.2. The quantitative estimate of drug-likeness (QED) is 0.318. The van der Waals surface area contributed by atoms with E-state index >= 15 is 0 Å². The van der Waals surface area contributed by atoms with Gasteiger partial charge in [-0.25, -0.2) is 4.79 Å². The van der Waals surface area contributed by atoms with Gasteiger partial charge in [0.05, 0.1) is 0 Å². The number of alkyl halides is 3. The molecule has 0 spiro atoms. The van der Waals surface area contributed by atoms with Crippen LogP contribution in [0.2, 0.25) is 0 Å². The van der Waals surface area contributed by atoms with Gasteiger partial charge in [-0.15, -0.1) is 0 Å². The average molecular weight is 174 g/mol. The van der Waals surface area contributed by atoms with Gasteiger partial charge in [-0.1, -0.05) is 0 Å². The van der Waals surface area contributed by atoms with E-state index in [1.807, 2.05) is 0 Å². The summed E-state index contributed by atoms with van der Waals surface area (Å²) in [7, 11) is -2.58. The zero-order valence-corrected chi connectivity index (χ0v) is 4.83. The van der Waals surface area contributed by atoms with Crippen LogP contribution in [0, 0.1) is 0 Å². The highest BCUT2D eigenvalue weighted by Crippen LogP contribution is 2.16. The molecule has 0 aromatic rings. The van der Waals surface area contributed by atoms with Gasteiger partial charge in [-0.05, 0) is 0 Å². The van der Waals surface area contributed by atoms with Crippen LogP contribution < -0.4 is 0 Å². The lowest BCUT2D eigenvalue weighted by atomic mass is 10.3. The fourth-order valence-corrected chi connectivity index (χ4v) is 0.134. The molecule has 0 radical (unpaired) electrons. The standard InChI is InChI=1S/C2H2BF3O5/c4-2(5,6)1(7)10-11-3(8)9/h8-9H. The van der Waals surface area contributed by atoms with Crippen LogP contribution in [0.25, 0.3) is 0 Å². The van der Waals surface area contributed by atoms with Gasteiger partial charge in [0.2, 0.25) is 0 Å². The average Bonchev–Trinajstić information content (AvgIpc) is 1.80. The second-order valence-corrected chi connectivity index (χ2v) is 1.29. The fourth-order valence-electron chi connectivity index (χ4n) is 0.134. The highest BCUT2D eigenvalue weighted by Gasteiger charge is 2.42. The van der Waals surface area contributed by atoms with Crippen LogP contribution in [-0.4, -0.2) is 29.5 Å². The lowest BCUT2D eigenvalue weighted by molar-refractivity contribution is -0.268. The molecule has 11 heavy (non-hydrogen) atoms. The van der Waals surface area contributed by atoms with Gasteiger partial charge in [0, 0.05) is 0 Å². The summed E-state index contributed by atoms with van der Waals surface area (Å²) in [6.45, 7) is 0. The molecule has 0 bridgehead atoms. The Balaban J connectivity index is 3.71. The van der Waals surface area contributed by atoms with Crippen molar-refractivity contribution in [2.75, 3.05) is 0 Å². The molecule has 0 unspecified atom stereocenters. The van der Waals surface area contributed by atoms with Crippen molar-refractivity contribution in [3.63, 3.8) is 0 Å². The van der Waals surface area contributed by atoms with Crippen molar-refractivity contribution in [2.24, 2.45) is 0 Å². The van der Waals surface area contributed by atoms with Crippen LogP contribution in [0.15, 0.2) is 0 Å². The molecule has 0 aromatic carbocycles. The maximum atomic E-state index is 11.2. The molecule has 0 heterocycles. The summed E-state index contributed by atoms with van der Waals surface area (Å²) in [5, 5.41) is 15.5. The van der Waals surface area contributed by atoms with E-state index in [2.05, 4.69) is 9.69 Å². The van der Waals surface area contributed by atoms with Crippen molar-refractivity contribution in [2.45, 2.75) is 6.18 Å². The summed E-state index contributed by atoms with van der Waals surface area (Å²) in [4.78, 5) is 15.7. The van der Waals surface area contributed by atoms with Gasteiger partial charge in [0.1, 0.15) is 0 Å². The molecule has 0 aliphatic rings. The molecule has 64 valence electrons. The number of carbonyl (C=O) groups excluding carboxylic acids is 1. The highest BCUT2D eigenvalue weighted by molar-refractivity contribution is 6.32. The molecule has 0 amide bonds. The second-order valence-electron chi connectivity index (χ2n) is 1.29. The molecule has 0 rings (SSSR count). The van der Waals surface area contributed by atoms with Crippen molar-refractivity contribution in [1.29, 1.82) is 0 Å². The Kier molecular flexibility index (Phi) is 3.30. The Labute approximate surface area is 58.4 Å². The number of carbonyl (C=O) groups is 1. The van der Waals surface area contributed by atoms with Crippen LogP contribution in [0.4, 0.5) is 13.2 Å². The summed E-state index contributed by atoms with van der Waals surface area (Å²) in [5.41, 5.74) is 0. The fraction of sp³-hybridized carbons (Fsp3) is 0.500. The smallest absolute Gasteiger partial charge is 0.400 e. The van der Waals surface area contributed by atoms with Crippen LogP contribution in [0.3, 0.4) is 0 Å². The summed E-state index contributed by atoms with van der Waals surface area (Å²) < 4.78 is 33.5. The van der Waals surface area contributed by atoms with Crippen molar-refractivity contribution >= 4 is 13.3 Å². The van der Waals surface area contributed by atoms with Crippen LogP contribution in [-0.2, 0) is 14.5 Å². The first-order chi connectivity index (χ1) is 4.84. The minimum absolute atomic E-state index is 2.58. The van der Waals surface area contributed by atoms with Crippen molar-refractivity contribution in [3.8, 4) is 0 Å². The molecule has 0 aliphatic heterocycles. The summed E-state index contributed by atoms with van der Waals surface area (Å²) in [6.07, 6.45) is -5.21. The summed E-state index contributed by atoms with van der Waals surface area (Å²) in [5.74, 6) is -2.66. The zero-order valence-electron chi connectivity index (χ0n) is 4.83.